The van der Waals surface area contributed by atoms with Crippen LogP contribution in [0.1, 0.15) is 19.5 Å². The van der Waals surface area contributed by atoms with Crippen LogP contribution < -0.4 is 4.90 Å². The number of hydrogen-bond donors (Lipinski definition) is 0. The Labute approximate surface area is 198 Å². The molecular formula is C22H19ClFN5OS2. The van der Waals surface area contributed by atoms with E-state index < -0.39 is 5.82 Å². The van der Waals surface area contributed by atoms with Crippen molar-refractivity contribution in [1.29, 1.82) is 0 Å². The van der Waals surface area contributed by atoms with Crippen molar-refractivity contribution in [1.82, 2.24) is 19.7 Å². The highest BCUT2D eigenvalue weighted by atomic mass is 35.5. The highest BCUT2D eigenvalue weighted by molar-refractivity contribution is 7.98. The van der Waals surface area contributed by atoms with Crippen LogP contribution in [-0.2, 0) is 17.1 Å². The van der Waals surface area contributed by atoms with E-state index in [0.717, 1.165) is 22.2 Å². The van der Waals surface area contributed by atoms with Crippen LogP contribution in [0.2, 0.25) is 5.02 Å². The van der Waals surface area contributed by atoms with Gasteiger partial charge in [-0.2, -0.15) is 0 Å². The van der Waals surface area contributed by atoms with Crippen molar-refractivity contribution in [3.8, 4) is 11.4 Å². The minimum Gasteiger partial charge on any atom is -0.302 e. The monoisotopic (exact) mass is 487 g/mol. The Balaban J connectivity index is 1.54. The lowest BCUT2D eigenvalue weighted by atomic mass is 10.2. The molecule has 4 aromatic rings. The summed E-state index contributed by atoms with van der Waals surface area (Å²) in [5.41, 5.74) is 1.86. The smallest absolute Gasteiger partial charge is 0.230 e. The Morgan fingerprint density at radius 1 is 1.22 bits per heavy atom. The van der Waals surface area contributed by atoms with Crippen LogP contribution >= 0.6 is 34.7 Å². The molecule has 2 aromatic heterocycles. The molecule has 32 heavy (non-hydrogen) atoms. The number of hydrogen-bond acceptors (Lipinski definition) is 6. The zero-order valence-corrected chi connectivity index (χ0v) is 19.7. The predicted molar refractivity (Wildman–Crippen MR) is 127 cm³/mol. The number of carbonyl (C=O) groups is 1. The Hall–Kier alpha value is -2.75. The zero-order chi connectivity index (χ0) is 22.7. The van der Waals surface area contributed by atoms with E-state index in [0.29, 0.717) is 22.5 Å². The molecule has 0 spiro atoms. The first-order valence-electron chi connectivity index (χ1n) is 9.79. The molecule has 0 unspecified atom stereocenters. The van der Waals surface area contributed by atoms with E-state index in [9.17, 15) is 9.18 Å². The number of thiazole rings is 1. The highest BCUT2D eigenvalue weighted by Gasteiger charge is 2.21. The third-order valence-electron chi connectivity index (χ3n) is 4.60. The molecule has 10 heteroatoms. The summed E-state index contributed by atoms with van der Waals surface area (Å²) in [7, 11) is 0. The van der Waals surface area contributed by atoms with Gasteiger partial charge in [-0.3, -0.25) is 9.69 Å². The summed E-state index contributed by atoms with van der Waals surface area (Å²) in [6, 6.07) is 13.7. The largest absolute Gasteiger partial charge is 0.302 e. The SMILES string of the molecule is CCn1c(SCc2csc(N(C(C)=O)c3ccccc3F)n2)nnc1-c1cccc(Cl)c1. The summed E-state index contributed by atoms with van der Waals surface area (Å²) in [6.45, 7) is 4.12. The summed E-state index contributed by atoms with van der Waals surface area (Å²) >= 11 is 8.92. The normalized spacial score (nSPS) is 11.0. The number of thioether (sulfide) groups is 1. The second-order valence-electron chi connectivity index (χ2n) is 6.78. The average Bonchev–Trinajstić information content (AvgIpc) is 3.40. The first-order valence-corrected chi connectivity index (χ1v) is 12.0. The summed E-state index contributed by atoms with van der Waals surface area (Å²) < 4.78 is 16.3. The van der Waals surface area contributed by atoms with Crippen molar-refractivity contribution in [2.75, 3.05) is 4.90 Å². The van der Waals surface area contributed by atoms with Crippen molar-refractivity contribution < 1.29 is 9.18 Å². The average molecular weight is 488 g/mol. The Morgan fingerprint density at radius 3 is 2.75 bits per heavy atom. The Kier molecular flexibility index (Phi) is 6.88. The standard InChI is InChI=1S/C22H19ClFN5OS2/c1-3-28-20(15-7-6-8-16(23)11-15)26-27-22(28)32-13-17-12-31-21(25-17)29(14(2)30)19-10-5-4-9-18(19)24/h4-12H,3,13H2,1-2H3. The van der Waals surface area contributed by atoms with Crippen LogP contribution in [0.15, 0.2) is 59.1 Å². The maximum absolute atomic E-state index is 14.3. The van der Waals surface area contributed by atoms with E-state index in [1.807, 2.05) is 41.1 Å². The summed E-state index contributed by atoms with van der Waals surface area (Å²) in [5, 5.41) is 12.4. The minimum absolute atomic E-state index is 0.186. The molecule has 4 rings (SSSR count). The maximum atomic E-state index is 14.3. The summed E-state index contributed by atoms with van der Waals surface area (Å²) in [5.74, 6) is 0.505. The van der Waals surface area contributed by atoms with E-state index in [-0.39, 0.29) is 11.6 Å². The van der Waals surface area contributed by atoms with Gasteiger partial charge in [-0.1, -0.05) is 47.6 Å². The van der Waals surface area contributed by atoms with Gasteiger partial charge in [-0.15, -0.1) is 21.5 Å². The van der Waals surface area contributed by atoms with E-state index in [1.54, 1.807) is 18.2 Å². The van der Waals surface area contributed by atoms with Gasteiger partial charge in [0.1, 0.15) is 5.82 Å². The summed E-state index contributed by atoms with van der Waals surface area (Å²) in [4.78, 5) is 18.1. The van der Waals surface area contributed by atoms with Crippen molar-refractivity contribution in [2.45, 2.75) is 31.3 Å². The lowest BCUT2D eigenvalue weighted by molar-refractivity contribution is -0.115. The van der Waals surface area contributed by atoms with Gasteiger partial charge in [0.2, 0.25) is 5.91 Å². The molecule has 0 saturated carbocycles. The third kappa shape index (κ3) is 4.69. The van der Waals surface area contributed by atoms with Crippen molar-refractivity contribution >= 4 is 51.4 Å². The maximum Gasteiger partial charge on any atom is 0.230 e. The number of anilines is 2. The van der Waals surface area contributed by atoms with Crippen LogP contribution in [0.3, 0.4) is 0 Å². The number of para-hydroxylation sites is 1. The topological polar surface area (TPSA) is 63.9 Å². The lowest BCUT2D eigenvalue weighted by Crippen LogP contribution is -2.23. The zero-order valence-electron chi connectivity index (χ0n) is 17.3. The second kappa shape index (κ2) is 9.81. The predicted octanol–water partition coefficient (Wildman–Crippen LogP) is 6.19. The molecule has 0 aliphatic heterocycles. The number of benzene rings is 2. The molecule has 6 nitrogen and oxygen atoms in total. The number of carbonyl (C=O) groups excluding carboxylic acids is 1. The fourth-order valence-electron chi connectivity index (χ4n) is 3.17. The molecule has 0 aliphatic rings. The first kappa shape index (κ1) is 22.4. The Bertz CT molecular complexity index is 1260. The van der Waals surface area contributed by atoms with E-state index in [4.69, 9.17) is 11.6 Å². The molecular weight excluding hydrogens is 469 g/mol. The fraction of sp³-hybridized carbons (Fsp3) is 0.182. The van der Waals surface area contributed by atoms with Gasteiger partial charge in [0, 0.05) is 35.2 Å². The molecule has 0 saturated heterocycles. The minimum atomic E-state index is -0.474. The molecule has 0 bridgehead atoms. The highest BCUT2D eigenvalue weighted by Crippen LogP contribution is 2.33. The van der Waals surface area contributed by atoms with Gasteiger partial charge in [-0.25, -0.2) is 9.37 Å². The van der Waals surface area contributed by atoms with Crippen molar-refractivity contribution in [3.05, 3.63) is 70.4 Å². The van der Waals surface area contributed by atoms with Crippen LogP contribution in [0.4, 0.5) is 15.2 Å². The van der Waals surface area contributed by atoms with E-state index in [1.165, 1.54) is 41.0 Å². The van der Waals surface area contributed by atoms with Crippen molar-refractivity contribution in [2.24, 2.45) is 0 Å². The van der Waals surface area contributed by atoms with Gasteiger partial charge in [0.15, 0.2) is 16.1 Å². The number of rotatable bonds is 7. The number of aromatic nitrogens is 4. The van der Waals surface area contributed by atoms with E-state index in [2.05, 4.69) is 15.2 Å². The van der Waals surface area contributed by atoms with Crippen LogP contribution in [-0.4, -0.2) is 25.7 Å². The molecule has 0 N–H and O–H groups in total. The molecule has 2 aromatic carbocycles. The van der Waals surface area contributed by atoms with Crippen LogP contribution in [0.25, 0.3) is 11.4 Å². The molecule has 2 heterocycles. The molecule has 164 valence electrons. The first-order chi connectivity index (χ1) is 15.5. The van der Waals surface area contributed by atoms with Gasteiger partial charge in [0.05, 0.1) is 11.4 Å². The van der Waals surface area contributed by atoms with Crippen LogP contribution in [0.5, 0.6) is 0 Å². The number of amides is 1. The molecule has 0 aliphatic carbocycles. The van der Waals surface area contributed by atoms with Crippen LogP contribution in [0, 0.1) is 5.82 Å². The second-order valence-corrected chi connectivity index (χ2v) is 8.99. The molecule has 0 atom stereocenters. The lowest BCUT2D eigenvalue weighted by Gasteiger charge is -2.18. The van der Waals surface area contributed by atoms with Gasteiger partial charge in [0.25, 0.3) is 0 Å². The van der Waals surface area contributed by atoms with Gasteiger partial charge in [-0.05, 0) is 31.2 Å². The molecule has 0 fully saturated rings. The molecule has 1 amide bonds. The number of nitrogens with zero attached hydrogens (tertiary/aromatic N) is 5. The fourth-order valence-corrected chi connectivity index (χ4v) is 5.24. The van der Waals surface area contributed by atoms with Crippen molar-refractivity contribution in [3.63, 3.8) is 0 Å². The quantitative estimate of drug-likeness (QED) is 0.291. The third-order valence-corrected chi connectivity index (χ3v) is 6.71. The van der Waals surface area contributed by atoms with Gasteiger partial charge < -0.3 is 4.57 Å². The number of halogens is 2. The molecule has 0 radical (unpaired) electrons. The van der Waals surface area contributed by atoms with Gasteiger partial charge >= 0.3 is 0 Å². The van der Waals surface area contributed by atoms with E-state index >= 15 is 0 Å². The Morgan fingerprint density at radius 2 is 2.03 bits per heavy atom. The summed E-state index contributed by atoms with van der Waals surface area (Å²) in [6.07, 6.45) is 0.